The van der Waals surface area contributed by atoms with Crippen molar-refractivity contribution in [2.75, 3.05) is 30.3 Å². The lowest BCUT2D eigenvalue weighted by Gasteiger charge is -2.26. The van der Waals surface area contributed by atoms with Crippen LogP contribution in [0.3, 0.4) is 0 Å². The van der Waals surface area contributed by atoms with Crippen molar-refractivity contribution >= 4 is 17.4 Å². The van der Waals surface area contributed by atoms with E-state index in [1.54, 1.807) is 0 Å². The van der Waals surface area contributed by atoms with Crippen LogP contribution in [0.5, 0.6) is 0 Å². The van der Waals surface area contributed by atoms with E-state index in [0.29, 0.717) is 4.75 Å². The molecule has 1 heterocycles. The first-order chi connectivity index (χ1) is 9.62. The number of thioether (sulfide) groups is 1. The second kappa shape index (κ2) is 7.37. The zero-order valence-corrected chi connectivity index (χ0v) is 13.9. The van der Waals surface area contributed by atoms with Gasteiger partial charge in [-0.3, -0.25) is 0 Å². The molecule has 0 aliphatic carbocycles. The molecule has 0 spiro atoms. The molecule has 20 heavy (non-hydrogen) atoms. The molecule has 112 valence electrons. The first-order valence-electron chi connectivity index (χ1n) is 7.80. The Morgan fingerprint density at radius 2 is 2.05 bits per heavy atom. The van der Waals surface area contributed by atoms with Crippen molar-refractivity contribution in [3.05, 3.63) is 29.8 Å². The van der Waals surface area contributed by atoms with Crippen molar-refractivity contribution in [3.63, 3.8) is 0 Å². The van der Waals surface area contributed by atoms with Gasteiger partial charge in [0, 0.05) is 35.8 Å². The molecule has 1 saturated heterocycles. The van der Waals surface area contributed by atoms with Crippen molar-refractivity contribution in [3.8, 4) is 0 Å². The minimum absolute atomic E-state index is 0.421. The molecular weight excluding hydrogens is 264 g/mol. The van der Waals surface area contributed by atoms with Crippen LogP contribution < -0.4 is 10.2 Å². The number of para-hydroxylation sites is 1. The summed E-state index contributed by atoms with van der Waals surface area (Å²) in [6, 6.07) is 8.87. The van der Waals surface area contributed by atoms with Crippen LogP contribution in [0.25, 0.3) is 0 Å². The predicted octanol–water partition coefficient (Wildman–Crippen LogP) is 3.91. The highest BCUT2D eigenvalue weighted by atomic mass is 32.2. The molecular formula is C17H28N2S. The van der Waals surface area contributed by atoms with Gasteiger partial charge >= 0.3 is 0 Å². The molecule has 1 N–H and O–H groups in total. The highest BCUT2D eigenvalue weighted by molar-refractivity contribution is 8.00. The van der Waals surface area contributed by atoms with Crippen LogP contribution in [0.15, 0.2) is 24.3 Å². The number of rotatable bonds is 5. The molecule has 0 radical (unpaired) electrons. The highest BCUT2D eigenvalue weighted by Crippen LogP contribution is 2.33. The zero-order chi connectivity index (χ0) is 14.4. The Morgan fingerprint density at radius 1 is 1.25 bits per heavy atom. The lowest BCUT2D eigenvalue weighted by molar-refractivity contribution is 0.633. The zero-order valence-electron chi connectivity index (χ0n) is 13.1. The Morgan fingerprint density at radius 3 is 2.85 bits per heavy atom. The van der Waals surface area contributed by atoms with Crippen molar-refractivity contribution in [2.24, 2.45) is 0 Å². The summed E-state index contributed by atoms with van der Waals surface area (Å²) in [5.41, 5.74) is 2.86. The molecule has 0 aromatic heterocycles. The number of nitrogens with zero attached hydrogens (tertiary/aromatic N) is 1. The Bertz CT molecular complexity index is 417. The van der Waals surface area contributed by atoms with Crippen molar-refractivity contribution in [2.45, 2.75) is 44.9 Å². The molecule has 0 bridgehead atoms. The van der Waals surface area contributed by atoms with Crippen LogP contribution >= 0.6 is 11.8 Å². The third kappa shape index (κ3) is 4.42. The van der Waals surface area contributed by atoms with Gasteiger partial charge in [0.05, 0.1) is 0 Å². The van der Waals surface area contributed by atoms with Crippen LogP contribution in [-0.2, 0) is 6.54 Å². The summed E-state index contributed by atoms with van der Waals surface area (Å²) < 4.78 is 0.421. The average molecular weight is 292 g/mol. The summed E-state index contributed by atoms with van der Waals surface area (Å²) in [5.74, 6) is 1.23. The number of nitrogens with one attached hydrogen (secondary N) is 1. The van der Waals surface area contributed by atoms with Gasteiger partial charge in [0.15, 0.2) is 0 Å². The maximum absolute atomic E-state index is 3.53. The van der Waals surface area contributed by atoms with Gasteiger partial charge in [0.25, 0.3) is 0 Å². The highest BCUT2D eigenvalue weighted by Gasteiger charge is 2.24. The van der Waals surface area contributed by atoms with Crippen LogP contribution in [-0.4, -0.2) is 30.1 Å². The van der Waals surface area contributed by atoms with Gasteiger partial charge in [-0.25, -0.2) is 0 Å². The van der Waals surface area contributed by atoms with E-state index in [1.165, 1.54) is 42.9 Å². The molecule has 3 heteroatoms. The van der Waals surface area contributed by atoms with E-state index in [2.05, 4.69) is 67.0 Å². The summed E-state index contributed by atoms with van der Waals surface area (Å²) >= 11 is 2.11. The monoisotopic (exact) mass is 292 g/mol. The van der Waals surface area contributed by atoms with Gasteiger partial charge in [-0.15, -0.1) is 0 Å². The fourth-order valence-corrected chi connectivity index (χ4v) is 3.73. The van der Waals surface area contributed by atoms with E-state index in [1.807, 2.05) is 0 Å². The van der Waals surface area contributed by atoms with Gasteiger partial charge in [-0.1, -0.05) is 39.0 Å². The number of benzene rings is 1. The van der Waals surface area contributed by atoms with Crippen LogP contribution in [0.2, 0.25) is 0 Å². The Kier molecular flexibility index (Phi) is 5.79. The first kappa shape index (κ1) is 15.7. The summed E-state index contributed by atoms with van der Waals surface area (Å²) in [6.07, 6.45) is 2.45. The molecule has 1 fully saturated rings. The SMILES string of the molecule is CCCNCc1ccccc1N1CCSC(C)(C)CC1. The predicted molar refractivity (Wildman–Crippen MR) is 91.8 cm³/mol. The van der Waals surface area contributed by atoms with Crippen LogP contribution in [0.1, 0.15) is 39.2 Å². The smallest absolute Gasteiger partial charge is 0.0412 e. The van der Waals surface area contributed by atoms with E-state index in [9.17, 15) is 0 Å². The van der Waals surface area contributed by atoms with Crippen LogP contribution in [0.4, 0.5) is 5.69 Å². The van der Waals surface area contributed by atoms with Crippen molar-refractivity contribution < 1.29 is 0 Å². The van der Waals surface area contributed by atoms with Gasteiger partial charge in [-0.2, -0.15) is 11.8 Å². The largest absolute Gasteiger partial charge is 0.370 e. The number of hydrogen-bond acceptors (Lipinski definition) is 3. The third-order valence-electron chi connectivity index (χ3n) is 3.91. The number of hydrogen-bond donors (Lipinski definition) is 1. The van der Waals surface area contributed by atoms with E-state index in [4.69, 9.17) is 0 Å². The molecule has 1 aromatic carbocycles. The topological polar surface area (TPSA) is 15.3 Å². The minimum atomic E-state index is 0.421. The van der Waals surface area contributed by atoms with Gasteiger partial charge in [-0.05, 0) is 31.0 Å². The lowest BCUT2D eigenvalue weighted by Crippen LogP contribution is -2.28. The summed E-state index contributed by atoms with van der Waals surface area (Å²) in [5, 5.41) is 3.53. The molecule has 1 aliphatic heterocycles. The van der Waals surface area contributed by atoms with E-state index in [-0.39, 0.29) is 0 Å². The minimum Gasteiger partial charge on any atom is -0.370 e. The normalized spacial score (nSPS) is 18.9. The fourth-order valence-electron chi connectivity index (χ4n) is 2.63. The van der Waals surface area contributed by atoms with Gasteiger partial charge < -0.3 is 10.2 Å². The number of anilines is 1. The van der Waals surface area contributed by atoms with Gasteiger partial charge in [0.2, 0.25) is 0 Å². The second-order valence-corrected chi connectivity index (χ2v) is 7.95. The van der Waals surface area contributed by atoms with Gasteiger partial charge in [0.1, 0.15) is 0 Å². The molecule has 0 saturated carbocycles. The van der Waals surface area contributed by atoms with Crippen LogP contribution in [0, 0.1) is 0 Å². The standard InChI is InChI=1S/C17H28N2S/c1-4-10-18-14-15-7-5-6-8-16(15)19-11-9-17(2,3)20-13-12-19/h5-8,18H,4,9-14H2,1-3H3. The second-order valence-electron chi connectivity index (χ2n) is 6.15. The van der Waals surface area contributed by atoms with Crippen molar-refractivity contribution in [1.29, 1.82) is 0 Å². The molecule has 2 nitrogen and oxygen atoms in total. The maximum Gasteiger partial charge on any atom is 0.0412 e. The summed E-state index contributed by atoms with van der Waals surface area (Å²) in [4.78, 5) is 2.57. The molecule has 2 rings (SSSR count). The maximum atomic E-state index is 3.53. The Labute approximate surface area is 128 Å². The fraction of sp³-hybridized carbons (Fsp3) is 0.647. The molecule has 0 atom stereocenters. The molecule has 1 aliphatic rings. The molecule has 0 amide bonds. The molecule has 1 aromatic rings. The first-order valence-corrected chi connectivity index (χ1v) is 8.78. The van der Waals surface area contributed by atoms with E-state index < -0.39 is 0 Å². The quantitative estimate of drug-likeness (QED) is 0.828. The van der Waals surface area contributed by atoms with E-state index in [0.717, 1.165) is 13.1 Å². The van der Waals surface area contributed by atoms with E-state index >= 15 is 0 Å². The Hall–Kier alpha value is -0.670. The summed E-state index contributed by atoms with van der Waals surface area (Å²) in [7, 11) is 0. The lowest BCUT2D eigenvalue weighted by atomic mass is 10.1. The average Bonchev–Trinajstić information content (AvgIpc) is 2.61. The van der Waals surface area contributed by atoms with Crippen molar-refractivity contribution in [1.82, 2.24) is 5.32 Å². The Balaban J connectivity index is 2.07. The molecule has 0 unspecified atom stereocenters. The third-order valence-corrected chi connectivity index (χ3v) is 5.28. The summed E-state index contributed by atoms with van der Waals surface area (Å²) in [6.45, 7) is 11.4.